The minimum atomic E-state index is 0.221. The van der Waals surface area contributed by atoms with Crippen molar-refractivity contribution < 1.29 is 4.74 Å². The topological polar surface area (TPSA) is 85.1 Å². The van der Waals surface area contributed by atoms with Gasteiger partial charge in [0, 0.05) is 17.7 Å². The quantitative estimate of drug-likeness (QED) is 0.559. The van der Waals surface area contributed by atoms with E-state index < -0.39 is 0 Å². The van der Waals surface area contributed by atoms with Crippen LogP contribution in [-0.4, -0.2) is 16.6 Å². The fourth-order valence-electron chi connectivity index (χ4n) is 1.81. The fourth-order valence-corrected chi connectivity index (χ4v) is 1.81. The van der Waals surface area contributed by atoms with Crippen LogP contribution in [0.5, 0.6) is 5.75 Å². The van der Waals surface area contributed by atoms with Gasteiger partial charge in [-0.3, -0.25) is 0 Å². The van der Waals surface area contributed by atoms with E-state index in [0.717, 1.165) is 17.3 Å². The average Bonchev–Trinajstić information content (AvgIpc) is 2.49. The van der Waals surface area contributed by atoms with Crippen LogP contribution < -0.4 is 21.3 Å². The highest BCUT2D eigenvalue weighted by atomic mass is 16.5. The summed E-state index contributed by atoms with van der Waals surface area (Å²) in [5.41, 5.74) is 3.49. The first-order valence-electron chi connectivity index (χ1n) is 6.98. The van der Waals surface area contributed by atoms with Gasteiger partial charge < -0.3 is 15.5 Å². The number of nitrogens with two attached hydrogens (primary N) is 1. The van der Waals surface area contributed by atoms with Crippen LogP contribution in [0.2, 0.25) is 0 Å². The molecule has 112 valence electrons. The van der Waals surface area contributed by atoms with Gasteiger partial charge in [0.15, 0.2) is 0 Å². The third-order valence-corrected chi connectivity index (χ3v) is 2.85. The molecule has 0 bridgehead atoms. The lowest BCUT2D eigenvalue weighted by Gasteiger charge is -2.12. The van der Waals surface area contributed by atoms with Crippen LogP contribution in [0.1, 0.15) is 32.5 Å². The Morgan fingerprint density at radius 2 is 1.81 bits per heavy atom. The van der Waals surface area contributed by atoms with Crippen LogP contribution >= 0.6 is 0 Å². The number of ether oxygens (including phenoxy) is 1. The lowest BCUT2D eigenvalue weighted by molar-refractivity contribution is 0.340. The molecule has 0 spiro atoms. The van der Waals surface area contributed by atoms with E-state index in [1.54, 1.807) is 6.07 Å². The molecule has 0 saturated carbocycles. The van der Waals surface area contributed by atoms with Crippen LogP contribution in [0, 0.1) is 0 Å². The predicted molar refractivity (Wildman–Crippen MR) is 84.8 cm³/mol. The summed E-state index contributed by atoms with van der Waals surface area (Å²) in [6, 6.07) is 9.48. The molecule has 0 unspecified atom stereocenters. The fraction of sp³-hybridized carbons (Fsp3) is 0.333. The van der Waals surface area contributed by atoms with Gasteiger partial charge in [0.25, 0.3) is 0 Å². The highest BCUT2D eigenvalue weighted by Crippen LogP contribution is 2.22. The molecule has 0 aliphatic carbocycles. The molecule has 0 saturated heterocycles. The molecule has 0 atom stereocenters. The number of nitrogen functional groups attached to an aromatic ring is 1. The molecule has 1 heterocycles. The summed E-state index contributed by atoms with van der Waals surface area (Å²) in [5.74, 6) is 8.54. The number of hydrogen-bond donors (Lipinski definition) is 3. The largest absolute Gasteiger partial charge is 0.494 e. The second-order valence-electron chi connectivity index (χ2n) is 4.88. The smallest absolute Gasteiger partial charge is 0.145 e. The van der Waals surface area contributed by atoms with Crippen molar-refractivity contribution >= 4 is 17.3 Å². The van der Waals surface area contributed by atoms with Crippen molar-refractivity contribution in [2.75, 3.05) is 17.3 Å². The zero-order valence-corrected chi connectivity index (χ0v) is 12.6. The van der Waals surface area contributed by atoms with Crippen molar-refractivity contribution in [1.82, 2.24) is 9.97 Å². The van der Waals surface area contributed by atoms with Crippen molar-refractivity contribution in [2.24, 2.45) is 5.84 Å². The zero-order valence-electron chi connectivity index (χ0n) is 12.6. The van der Waals surface area contributed by atoms with Gasteiger partial charge in [-0.1, -0.05) is 13.8 Å². The third-order valence-electron chi connectivity index (χ3n) is 2.85. The first-order chi connectivity index (χ1) is 10.1. The van der Waals surface area contributed by atoms with Crippen molar-refractivity contribution in [2.45, 2.75) is 26.7 Å². The predicted octanol–water partition coefficient (Wildman–Crippen LogP) is 3.03. The van der Waals surface area contributed by atoms with E-state index in [9.17, 15) is 0 Å². The minimum absolute atomic E-state index is 0.221. The van der Waals surface area contributed by atoms with Gasteiger partial charge in [-0.05, 0) is 31.2 Å². The summed E-state index contributed by atoms with van der Waals surface area (Å²) in [6.07, 6.45) is 0. The Kier molecular flexibility index (Phi) is 4.94. The maximum atomic E-state index is 5.45. The second-order valence-corrected chi connectivity index (χ2v) is 4.88. The van der Waals surface area contributed by atoms with E-state index in [1.165, 1.54) is 0 Å². The lowest BCUT2D eigenvalue weighted by atomic mass is 10.2. The Morgan fingerprint density at radius 3 is 2.38 bits per heavy atom. The van der Waals surface area contributed by atoms with Crippen LogP contribution in [0.15, 0.2) is 30.3 Å². The van der Waals surface area contributed by atoms with E-state index in [1.807, 2.05) is 45.0 Å². The third kappa shape index (κ3) is 4.06. The molecule has 0 radical (unpaired) electrons. The molecule has 0 aliphatic heterocycles. The molecule has 1 aromatic carbocycles. The molecular weight excluding hydrogens is 266 g/mol. The van der Waals surface area contributed by atoms with E-state index in [-0.39, 0.29) is 5.92 Å². The van der Waals surface area contributed by atoms with Crippen LogP contribution in [0.25, 0.3) is 0 Å². The number of benzene rings is 1. The minimum Gasteiger partial charge on any atom is -0.494 e. The van der Waals surface area contributed by atoms with E-state index in [4.69, 9.17) is 10.6 Å². The molecule has 1 aromatic heterocycles. The number of nitrogens with one attached hydrogen (secondary N) is 2. The standard InChI is InChI=1S/C15H21N5O/c1-4-21-12-7-5-11(6-8-12)17-13-9-14(20-16)19-15(18-13)10(2)3/h5-10H,4,16H2,1-3H3,(H2,17,18,19,20). The van der Waals surface area contributed by atoms with Gasteiger partial charge in [-0.15, -0.1) is 0 Å². The van der Waals surface area contributed by atoms with Gasteiger partial charge in [0.05, 0.1) is 6.61 Å². The first kappa shape index (κ1) is 15.1. The number of hydrogen-bond acceptors (Lipinski definition) is 6. The molecule has 6 nitrogen and oxygen atoms in total. The maximum Gasteiger partial charge on any atom is 0.145 e. The number of rotatable bonds is 6. The van der Waals surface area contributed by atoms with Gasteiger partial charge >= 0.3 is 0 Å². The van der Waals surface area contributed by atoms with Crippen molar-refractivity contribution in [3.63, 3.8) is 0 Å². The van der Waals surface area contributed by atoms with E-state index >= 15 is 0 Å². The number of nitrogens with zero attached hydrogens (tertiary/aromatic N) is 2. The van der Waals surface area contributed by atoms with Crippen molar-refractivity contribution in [3.8, 4) is 5.75 Å². The maximum absolute atomic E-state index is 5.45. The average molecular weight is 287 g/mol. The summed E-state index contributed by atoms with van der Waals surface area (Å²) < 4.78 is 5.42. The summed E-state index contributed by atoms with van der Waals surface area (Å²) in [4.78, 5) is 8.81. The Balaban J connectivity index is 2.19. The monoisotopic (exact) mass is 287 g/mol. The normalized spacial score (nSPS) is 10.5. The van der Waals surface area contributed by atoms with Crippen LogP contribution in [0.4, 0.5) is 17.3 Å². The molecule has 6 heteroatoms. The highest BCUT2D eigenvalue weighted by molar-refractivity contribution is 5.59. The van der Waals surface area contributed by atoms with Gasteiger partial charge in [0.2, 0.25) is 0 Å². The van der Waals surface area contributed by atoms with Crippen LogP contribution in [-0.2, 0) is 0 Å². The molecule has 0 amide bonds. The molecule has 2 aromatic rings. The van der Waals surface area contributed by atoms with Gasteiger partial charge in [-0.25, -0.2) is 15.8 Å². The van der Waals surface area contributed by atoms with Gasteiger partial charge in [-0.2, -0.15) is 0 Å². The van der Waals surface area contributed by atoms with Crippen molar-refractivity contribution in [3.05, 3.63) is 36.2 Å². The summed E-state index contributed by atoms with van der Waals surface area (Å²) in [5, 5.41) is 3.24. The lowest BCUT2D eigenvalue weighted by Crippen LogP contribution is -2.12. The Bertz CT molecular complexity index is 583. The highest BCUT2D eigenvalue weighted by Gasteiger charge is 2.08. The number of aromatic nitrogens is 2. The molecule has 2 rings (SSSR count). The van der Waals surface area contributed by atoms with Crippen LogP contribution in [0.3, 0.4) is 0 Å². The number of anilines is 3. The molecule has 4 N–H and O–H groups in total. The Labute approximate surface area is 124 Å². The SMILES string of the molecule is CCOc1ccc(Nc2cc(NN)nc(C(C)C)n2)cc1. The summed E-state index contributed by atoms with van der Waals surface area (Å²) in [6.45, 7) is 6.69. The first-order valence-corrected chi connectivity index (χ1v) is 6.98. The van der Waals surface area contributed by atoms with Crippen molar-refractivity contribution in [1.29, 1.82) is 0 Å². The Morgan fingerprint density at radius 1 is 1.14 bits per heavy atom. The summed E-state index contributed by atoms with van der Waals surface area (Å²) >= 11 is 0. The molecule has 0 fully saturated rings. The van der Waals surface area contributed by atoms with E-state index in [2.05, 4.69) is 20.7 Å². The van der Waals surface area contributed by atoms with E-state index in [0.29, 0.717) is 18.2 Å². The molecular formula is C15H21N5O. The zero-order chi connectivity index (χ0) is 15.2. The number of hydrazine groups is 1. The molecule has 21 heavy (non-hydrogen) atoms. The molecule has 0 aliphatic rings. The van der Waals surface area contributed by atoms with Gasteiger partial charge in [0.1, 0.15) is 23.2 Å². The second kappa shape index (κ2) is 6.90. The summed E-state index contributed by atoms with van der Waals surface area (Å²) in [7, 11) is 0. The Hall–Kier alpha value is -2.34.